The van der Waals surface area contributed by atoms with Crippen molar-refractivity contribution in [2.24, 2.45) is 0 Å². The number of carboxylic acid groups (broad SMARTS) is 1. The van der Waals surface area contributed by atoms with Crippen molar-refractivity contribution in [3.8, 4) is 0 Å². The van der Waals surface area contributed by atoms with Gasteiger partial charge in [0.15, 0.2) is 5.88 Å². The zero-order valence-electron chi connectivity index (χ0n) is 8.95. The minimum atomic E-state index is -1.14. The van der Waals surface area contributed by atoms with Crippen LogP contribution in [-0.2, 0) is 4.79 Å². The van der Waals surface area contributed by atoms with E-state index in [2.05, 4.69) is 10.6 Å². The molecule has 0 aliphatic carbocycles. The van der Waals surface area contributed by atoms with E-state index in [0.717, 1.165) is 6.42 Å². The van der Waals surface area contributed by atoms with Crippen LogP contribution in [0.5, 0.6) is 0 Å². The standard InChI is InChI=1S/C10H14N2O4/c1-2-5-11-8(13)6-12-9-4-3-7(16-9)10(14)15/h3-4,12H,2,5-6H2,1H3,(H,11,13)(H,14,15). The van der Waals surface area contributed by atoms with Crippen molar-refractivity contribution in [3.05, 3.63) is 17.9 Å². The maximum atomic E-state index is 11.2. The van der Waals surface area contributed by atoms with Crippen LogP contribution in [0.2, 0.25) is 0 Å². The quantitative estimate of drug-likeness (QED) is 0.670. The third kappa shape index (κ3) is 3.64. The summed E-state index contributed by atoms with van der Waals surface area (Å²) in [5.41, 5.74) is 0. The molecule has 1 amide bonds. The van der Waals surface area contributed by atoms with Crippen LogP contribution in [0.1, 0.15) is 23.9 Å². The van der Waals surface area contributed by atoms with E-state index in [1.807, 2.05) is 6.92 Å². The Hall–Kier alpha value is -1.98. The summed E-state index contributed by atoms with van der Waals surface area (Å²) in [6.07, 6.45) is 0.871. The smallest absolute Gasteiger partial charge is 0.371 e. The number of carbonyl (C=O) groups excluding carboxylic acids is 1. The summed E-state index contributed by atoms with van der Waals surface area (Å²) in [6, 6.07) is 2.80. The lowest BCUT2D eigenvalue weighted by Gasteiger charge is -2.03. The SMILES string of the molecule is CCCNC(=O)CNc1ccc(C(=O)O)o1. The van der Waals surface area contributed by atoms with Crippen LogP contribution in [0.3, 0.4) is 0 Å². The second-order valence-corrected chi connectivity index (χ2v) is 3.17. The zero-order chi connectivity index (χ0) is 12.0. The first-order valence-corrected chi connectivity index (χ1v) is 4.97. The van der Waals surface area contributed by atoms with Crippen LogP contribution < -0.4 is 10.6 Å². The Kier molecular flexibility index (Phi) is 4.38. The molecular formula is C10H14N2O4. The molecule has 6 nitrogen and oxygen atoms in total. The van der Waals surface area contributed by atoms with Crippen LogP contribution in [0.15, 0.2) is 16.5 Å². The molecule has 1 heterocycles. The van der Waals surface area contributed by atoms with Gasteiger partial charge in [0.2, 0.25) is 11.7 Å². The zero-order valence-corrected chi connectivity index (χ0v) is 8.95. The molecule has 3 N–H and O–H groups in total. The predicted octanol–water partition coefficient (Wildman–Crippen LogP) is 0.916. The van der Waals surface area contributed by atoms with Crippen LogP contribution in [0.25, 0.3) is 0 Å². The Bertz CT molecular complexity index is 373. The fraction of sp³-hybridized carbons (Fsp3) is 0.400. The minimum absolute atomic E-state index is 0.0621. The van der Waals surface area contributed by atoms with E-state index in [1.54, 1.807) is 0 Å². The van der Waals surface area contributed by atoms with Gasteiger partial charge in [0, 0.05) is 12.6 Å². The van der Waals surface area contributed by atoms with Crippen molar-refractivity contribution in [2.75, 3.05) is 18.4 Å². The van der Waals surface area contributed by atoms with Gasteiger partial charge in [-0.3, -0.25) is 4.79 Å². The molecule has 0 unspecified atom stereocenters. The summed E-state index contributed by atoms with van der Waals surface area (Å²) in [5.74, 6) is -1.18. The van der Waals surface area contributed by atoms with Gasteiger partial charge in [-0.1, -0.05) is 6.92 Å². The molecule has 0 aromatic carbocycles. The Morgan fingerprint density at radius 3 is 2.75 bits per heavy atom. The summed E-state index contributed by atoms with van der Waals surface area (Å²) in [4.78, 5) is 21.7. The van der Waals surface area contributed by atoms with Gasteiger partial charge in [0.05, 0.1) is 6.54 Å². The fourth-order valence-corrected chi connectivity index (χ4v) is 1.04. The maximum Gasteiger partial charge on any atom is 0.371 e. The number of furan rings is 1. The second kappa shape index (κ2) is 5.79. The molecule has 6 heteroatoms. The number of nitrogens with one attached hydrogen (secondary N) is 2. The first kappa shape index (κ1) is 12.1. The van der Waals surface area contributed by atoms with Crippen molar-refractivity contribution < 1.29 is 19.1 Å². The summed E-state index contributed by atoms with van der Waals surface area (Å²) in [5, 5.41) is 14.0. The van der Waals surface area contributed by atoms with E-state index < -0.39 is 5.97 Å². The molecule has 0 atom stereocenters. The summed E-state index contributed by atoms with van der Waals surface area (Å²) in [7, 11) is 0. The molecule has 88 valence electrons. The lowest BCUT2D eigenvalue weighted by atomic mass is 10.4. The van der Waals surface area contributed by atoms with Gasteiger partial charge < -0.3 is 20.2 Å². The Morgan fingerprint density at radius 1 is 1.44 bits per heavy atom. The Morgan fingerprint density at radius 2 is 2.19 bits per heavy atom. The van der Waals surface area contributed by atoms with Crippen LogP contribution >= 0.6 is 0 Å². The molecule has 0 fully saturated rings. The van der Waals surface area contributed by atoms with E-state index in [4.69, 9.17) is 9.52 Å². The third-order valence-corrected chi connectivity index (χ3v) is 1.81. The molecular weight excluding hydrogens is 212 g/mol. The van der Waals surface area contributed by atoms with Gasteiger partial charge in [0.25, 0.3) is 0 Å². The highest BCUT2D eigenvalue weighted by atomic mass is 16.4. The number of anilines is 1. The lowest BCUT2D eigenvalue weighted by Crippen LogP contribution is -2.30. The molecule has 0 saturated carbocycles. The lowest BCUT2D eigenvalue weighted by molar-refractivity contribution is -0.119. The van der Waals surface area contributed by atoms with Crippen molar-refractivity contribution >= 4 is 17.8 Å². The highest BCUT2D eigenvalue weighted by molar-refractivity contribution is 5.85. The Balaban J connectivity index is 2.36. The van der Waals surface area contributed by atoms with Crippen molar-refractivity contribution in [2.45, 2.75) is 13.3 Å². The van der Waals surface area contributed by atoms with Crippen LogP contribution in [0, 0.1) is 0 Å². The van der Waals surface area contributed by atoms with Gasteiger partial charge in [-0.25, -0.2) is 4.79 Å². The van der Waals surface area contributed by atoms with Gasteiger partial charge in [0.1, 0.15) is 0 Å². The number of carboxylic acids is 1. The molecule has 0 aliphatic rings. The van der Waals surface area contributed by atoms with Crippen LogP contribution in [0.4, 0.5) is 5.88 Å². The summed E-state index contributed by atoms with van der Waals surface area (Å²) >= 11 is 0. The number of amides is 1. The number of carbonyl (C=O) groups is 2. The van der Waals surface area contributed by atoms with Crippen molar-refractivity contribution in [3.63, 3.8) is 0 Å². The van der Waals surface area contributed by atoms with Crippen molar-refractivity contribution in [1.82, 2.24) is 5.32 Å². The maximum absolute atomic E-state index is 11.2. The number of hydrogen-bond donors (Lipinski definition) is 3. The average molecular weight is 226 g/mol. The summed E-state index contributed by atoms with van der Waals surface area (Å²) < 4.78 is 4.91. The molecule has 1 aromatic rings. The number of hydrogen-bond acceptors (Lipinski definition) is 4. The van der Waals surface area contributed by atoms with Gasteiger partial charge in [-0.2, -0.15) is 0 Å². The normalized spacial score (nSPS) is 9.81. The second-order valence-electron chi connectivity index (χ2n) is 3.17. The molecule has 0 saturated heterocycles. The average Bonchev–Trinajstić information content (AvgIpc) is 2.72. The van der Waals surface area contributed by atoms with Gasteiger partial charge in [-0.05, 0) is 12.5 Å². The minimum Gasteiger partial charge on any atom is -0.475 e. The predicted molar refractivity (Wildman–Crippen MR) is 57.5 cm³/mol. The molecule has 1 rings (SSSR count). The number of aromatic carboxylic acids is 1. The van der Waals surface area contributed by atoms with E-state index in [0.29, 0.717) is 6.54 Å². The van der Waals surface area contributed by atoms with E-state index >= 15 is 0 Å². The molecule has 0 bridgehead atoms. The highest BCUT2D eigenvalue weighted by Crippen LogP contribution is 2.12. The van der Waals surface area contributed by atoms with Gasteiger partial charge >= 0.3 is 5.97 Å². The van der Waals surface area contributed by atoms with E-state index in [9.17, 15) is 9.59 Å². The third-order valence-electron chi connectivity index (χ3n) is 1.81. The first-order chi connectivity index (χ1) is 7.63. The number of rotatable bonds is 6. The van der Waals surface area contributed by atoms with E-state index in [1.165, 1.54) is 12.1 Å². The fourth-order valence-electron chi connectivity index (χ4n) is 1.04. The summed E-state index contributed by atoms with van der Waals surface area (Å²) in [6.45, 7) is 2.64. The topological polar surface area (TPSA) is 91.6 Å². The van der Waals surface area contributed by atoms with Gasteiger partial charge in [-0.15, -0.1) is 0 Å². The van der Waals surface area contributed by atoms with Crippen molar-refractivity contribution in [1.29, 1.82) is 0 Å². The monoisotopic (exact) mass is 226 g/mol. The molecule has 16 heavy (non-hydrogen) atoms. The molecule has 0 spiro atoms. The molecule has 0 aliphatic heterocycles. The molecule has 0 radical (unpaired) electrons. The van der Waals surface area contributed by atoms with E-state index in [-0.39, 0.29) is 24.1 Å². The first-order valence-electron chi connectivity index (χ1n) is 4.97. The van der Waals surface area contributed by atoms with Crippen LogP contribution in [-0.4, -0.2) is 30.1 Å². The Labute approximate surface area is 92.6 Å². The highest BCUT2D eigenvalue weighted by Gasteiger charge is 2.09. The largest absolute Gasteiger partial charge is 0.475 e. The molecule has 1 aromatic heterocycles.